The minimum atomic E-state index is 0.862. The maximum absolute atomic E-state index is 6.78. The normalized spacial score (nSPS) is 11.6. The molecule has 2 heterocycles. The van der Waals surface area contributed by atoms with Crippen LogP contribution in [0.15, 0.2) is 205 Å². The third-order valence-electron chi connectivity index (χ3n) is 10.8. The van der Waals surface area contributed by atoms with E-state index >= 15 is 0 Å². The van der Waals surface area contributed by atoms with Gasteiger partial charge < -0.3 is 9.32 Å². The summed E-state index contributed by atoms with van der Waals surface area (Å²) >= 11 is 1.87. The Morgan fingerprint density at radius 1 is 0.382 bits per heavy atom. The van der Waals surface area contributed by atoms with Gasteiger partial charge in [-0.3, -0.25) is 0 Å². The van der Waals surface area contributed by atoms with Gasteiger partial charge in [0.05, 0.1) is 11.1 Å². The van der Waals surface area contributed by atoms with E-state index in [2.05, 4.69) is 205 Å². The number of nitrogens with zero attached hydrogens (tertiary/aromatic N) is 1. The first-order valence-electron chi connectivity index (χ1n) is 18.7. The molecule has 0 spiro atoms. The molecule has 258 valence electrons. The highest BCUT2D eigenvalue weighted by molar-refractivity contribution is 7.26. The van der Waals surface area contributed by atoms with Gasteiger partial charge in [0, 0.05) is 36.9 Å². The monoisotopic (exact) mass is 719 g/mol. The van der Waals surface area contributed by atoms with Gasteiger partial charge in [0.25, 0.3) is 0 Å². The molecule has 0 fully saturated rings. The largest absolute Gasteiger partial charge is 0.456 e. The first-order chi connectivity index (χ1) is 27.2. The van der Waals surface area contributed by atoms with Gasteiger partial charge in [-0.05, 0) is 98.8 Å². The van der Waals surface area contributed by atoms with Crippen LogP contribution in [0.4, 0.5) is 17.1 Å². The van der Waals surface area contributed by atoms with E-state index < -0.39 is 0 Å². The van der Waals surface area contributed by atoms with E-state index in [1.165, 1.54) is 47.8 Å². The zero-order chi connectivity index (χ0) is 36.3. The van der Waals surface area contributed by atoms with Crippen molar-refractivity contribution in [1.82, 2.24) is 0 Å². The summed E-state index contributed by atoms with van der Waals surface area (Å²) in [5, 5.41) is 7.16. The molecular weight excluding hydrogens is 687 g/mol. The fourth-order valence-electron chi connectivity index (χ4n) is 8.17. The van der Waals surface area contributed by atoms with Gasteiger partial charge in [0.1, 0.15) is 11.2 Å². The lowest BCUT2D eigenvalue weighted by molar-refractivity contribution is 0.669. The summed E-state index contributed by atoms with van der Waals surface area (Å²) in [6, 6.07) is 72.1. The molecule has 0 saturated heterocycles. The van der Waals surface area contributed by atoms with Crippen molar-refractivity contribution in [2.24, 2.45) is 0 Å². The van der Waals surface area contributed by atoms with Crippen molar-refractivity contribution >= 4 is 81.3 Å². The minimum absolute atomic E-state index is 0.862. The highest BCUT2D eigenvalue weighted by Gasteiger charge is 2.22. The predicted octanol–water partition coefficient (Wildman–Crippen LogP) is 15.6. The topological polar surface area (TPSA) is 16.4 Å². The number of furan rings is 1. The molecule has 2 nitrogen and oxygen atoms in total. The molecule has 0 aliphatic heterocycles. The molecule has 9 aromatic carbocycles. The minimum Gasteiger partial charge on any atom is -0.456 e. The standard InChI is InChI=1S/C52H33NOS/c1-3-12-34(13-4-1)36-22-26-41(27-23-36)53(42-28-24-37(25-29-42)43-19-11-20-45-44-18-9-10-21-50(44)55-52(43)45)47-31-40(35-14-5-2-6-15-35)33-49-51(47)46-30-38-16-7-8-17-39(38)32-48(46)54-49/h1-33H. The quantitative estimate of drug-likeness (QED) is 0.170. The van der Waals surface area contributed by atoms with Crippen molar-refractivity contribution < 1.29 is 4.42 Å². The van der Waals surface area contributed by atoms with Crippen LogP contribution in [0.5, 0.6) is 0 Å². The molecule has 0 amide bonds. The number of fused-ring (bicyclic) bond motifs is 7. The Balaban J connectivity index is 1.14. The van der Waals surface area contributed by atoms with E-state index in [9.17, 15) is 0 Å². The Morgan fingerprint density at radius 2 is 0.964 bits per heavy atom. The molecule has 3 heteroatoms. The second-order valence-corrected chi connectivity index (χ2v) is 15.2. The second-order valence-electron chi connectivity index (χ2n) is 14.1. The predicted molar refractivity (Wildman–Crippen MR) is 235 cm³/mol. The Hall–Kier alpha value is -6.94. The summed E-state index contributed by atoms with van der Waals surface area (Å²) in [6.07, 6.45) is 0. The van der Waals surface area contributed by atoms with E-state index in [0.717, 1.165) is 55.5 Å². The molecule has 0 saturated carbocycles. The van der Waals surface area contributed by atoms with Gasteiger partial charge in [-0.1, -0.05) is 146 Å². The molecule has 55 heavy (non-hydrogen) atoms. The SMILES string of the molecule is c1ccc(-c2ccc(N(c3ccc(-c4cccc5c4sc4ccccc45)cc3)c3cc(-c4ccccc4)cc4oc5cc6ccccc6cc5c34)cc2)cc1. The van der Waals surface area contributed by atoms with Crippen LogP contribution in [-0.2, 0) is 0 Å². The summed E-state index contributed by atoms with van der Waals surface area (Å²) in [6.45, 7) is 0. The molecule has 0 radical (unpaired) electrons. The third-order valence-corrected chi connectivity index (χ3v) is 12.1. The van der Waals surface area contributed by atoms with Gasteiger partial charge in [0.15, 0.2) is 0 Å². The summed E-state index contributed by atoms with van der Waals surface area (Å²) in [4.78, 5) is 2.40. The van der Waals surface area contributed by atoms with Crippen LogP contribution >= 0.6 is 11.3 Å². The van der Waals surface area contributed by atoms with Gasteiger partial charge >= 0.3 is 0 Å². The first-order valence-corrected chi connectivity index (χ1v) is 19.5. The maximum atomic E-state index is 6.78. The van der Waals surface area contributed by atoms with Crippen molar-refractivity contribution in [1.29, 1.82) is 0 Å². The zero-order valence-corrected chi connectivity index (χ0v) is 30.6. The van der Waals surface area contributed by atoms with Crippen LogP contribution in [-0.4, -0.2) is 0 Å². The second kappa shape index (κ2) is 12.9. The summed E-state index contributed by atoms with van der Waals surface area (Å²) in [7, 11) is 0. The number of hydrogen-bond donors (Lipinski definition) is 0. The van der Waals surface area contributed by atoms with E-state index in [1.807, 2.05) is 11.3 Å². The van der Waals surface area contributed by atoms with Crippen LogP contribution < -0.4 is 4.90 Å². The van der Waals surface area contributed by atoms with Gasteiger partial charge in [-0.25, -0.2) is 0 Å². The molecule has 0 bridgehead atoms. The lowest BCUT2D eigenvalue weighted by Gasteiger charge is -2.27. The Labute approximate surface area is 322 Å². The van der Waals surface area contributed by atoms with Crippen LogP contribution in [0.2, 0.25) is 0 Å². The number of benzene rings is 9. The number of anilines is 3. The molecular formula is C52H33NOS. The lowest BCUT2D eigenvalue weighted by atomic mass is 9.98. The average Bonchev–Trinajstić information content (AvgIpc) is 3.82. The van der Waals surface area contributed by atoms with E-state index in [0.29, 0.717) is 0 Å². The average molecular weight is 720 g/mol. The van der Waals surface area contributed by atoms with Crippen molar-refractivity contribution in [3.8, 4) is 33.4 Å². The Kier molecular flexibility index (Phi) is 7.39. The van der Waals surface area contributed by atoms with Crippen molar-refractivity contribution in [3.05, 3.63) is 200 Å². The third kappa shape index (κ3) is 5.40. The number of hydrogen-bond acceptors (Lipinski definition) is 3. The van der Waals surface area contributed by atoms with Crippen LogP contribution in [0.3, 0.4) is 0 Å². The molecule has 0 unspecified atom stereocenters. The van der Waals surface area contributed by atoms with Crippen LogP contribution in [0, 0.1) is 0 Å². The molecule has 11 rings (SSSR count). The van der Waals surface area contributed by atoms with Crippen LogP contribution in [0.25, 0.3) is 86.3 Å². The van der Waals surface area contributed by atoms with Gasteiger partial charge in [0.2, 0.25) is 0 Å². The van der Waals surface area contributed by atoms with E-state index in [1.54, 1.807) is 0 Å². The fourth-order valence-corrected chi connectivity index (χ4v) is 9.41. The smallest absolute Gasteiger partial charge is 0.138 e. The molecule has 0 aliphatic rings. The Bertz CT molecular complexity index is 3180. The lowest BCUT2D eigenvalue weighted by Crippen LogP contribution is -2.10. The van der Waals surface area contributed by atoms with Gasteiger partial charge in [-0.2, -0.15) is 0 Å². The van der Waals surface area contributed by atoms with Crippen molar-refractivity contribution in [2.75, 3.05) is 4.90 Å². The summed E-state index contributed by atoms with van der Waals surface area (Å²) in [5.74, 6) is 0. The zero-order valence-electron chi connectivity index (χ0n) is 29.8. The number of thiophene rings is 1. The van der Waals surface area contributed by atoms with Gasteiger partial charge in [-0.15, -0.1) is 11.3 Å². The van der Waals surface area contributed by atoms with Crippen molar-refractivity contribution in [2.45, 2.75) is 0 Å². The highest BCUT2D eigenvalue weighted by atomic mass is 32.1. The van der Waals surface area contributed by atoms with Crippen molar-refractivity contribution in [3.63, 3.8) is 0 Å². The molecule has 11 aromatic rings. The fraction of sp³-hybridized carbons (Fsp3) is 0. The van der Waals surface area contributed by atoms with E-state index in [4.69, 9.17) is 4.42 Å². The molecule has 0 atom stereocenters. The Morgan fingerprint density at radius 3 is 1.69 bits per heavy atom. The number of rotatable bonds is 6. The maximum Gasteiger partial charge on any atom is 0.138 e. The molecule has 0 N–H and O–H groups in total. The summed E-state index contributed by atoms with van der Waals surface area (Å²) in [5.41, 5.74) is 12.0. The first kappa shape index (κ1) is 31.6. The highest BCUT2D eigenvalue weighted by Crippen LogP contribution is 2.47. The molecule has 2 aromatic heterocycles. The summed E-state index contributed by atoms with van der Waals surface area (Å²) < 4.78 is 9.41. The van der Waals surface area contributed by atoms with Crippen LogP contribution in [0.1, 0.15) is 0 Å². The molecule has 0 aliphatic carbocycles. The van der Waals surface area contributed by atoms with E-state index in [-0.39, 0.29) is 0 Å².